The van der Waals surface area contributed by atoms with Gasteiger partial charge in [-0.2, -0.15) is 0 Å². The largest absolute Gasteiger partial charge is 0.455 e. The number of H-pyrrole nitrogens is 1. The number of aromatic amines is 1. The van der Waals surface area contributed by atoms with Crippen LogP contribution in [0.25, 0.3) is 11.0 Å². The SMILES string of the molecule is CC(C)c1ccccc1C1CCCN1C1CC2(CCN(c3cc(Oc4cnc5[nH]ccc5c4)c(C(=O)NSc4ccc(NCC5(F)CCN(C6COC6)CC5)c([N+](=O)[O-])c4)cc3F)CC2)C1. The zero-order chi connectivity index (χ0) is 45.6. The molecular weight excluding hydrogens is 863 g/mol. The highest BCUT2D eigenvalue weighted by Gasteiger charge is 2.50. The van der Waals surface area contributed by atoms with Crippen molar-refractivity contribution < 1.29 is 28.0 Å². The summed E-state index contributed by atoms with van der Waals surface area (Å²) in [7, 11) is 0. The molecular formula is C50H58F2N8O5S. The number of fused-ring (bicyclic) bond motifs is 1. The third-order valence-corrected chi connectivity index (χ3v) is 15.8. The molecule has 3 N–H and O–H groups in total. The molecule has 0 radical (unpaired) electrons. The number of nitrogens with zero attached hydrogens (tertiary/aromatic N) is 5. The number of benzene rings is 3. The molecule has 6 heterocycles. The highest BCUT2D eigenvalue weighted by atomic mass is 32.2. The molecule has 16 heteroatoms. The smallest absolute Gasteiger partial charge is 0.293 e. The molecule has 66 heavy (non-hydrogen) atoms. The molecule has 2 aromatic heterocycles. The molecule has 13 nitrogen and oxygen atoms in total. The number of alkyl halides is 1. The van der Waals surface area contributed by atoms with Crippen molar-refractivity contribution in [2.75, 3.05) is 62.7 Å². The van der Waals surface area contributed by atoms with Crippen LogP contribution in [0, 0.1) is 21.3 Å². The van der Waals surface area contributed by atoms with E-state index in [4.69, 9.17) is 9.47 Å². The van der Waals surface area contributed by atoms with Gasteiger partial charge in [0.1, 0.15) is 34.3 Å². The summed E-state index contributed by atoms with van der Waals surface area (Å²) >= 11 is 0.864. The van der Waals surface area contributed by atoms with E-state index in [9.17, 15) is 14.9 Å². The van der Waals surface area contributed by atoms with Crippen molar-refractivity contribution in [3.05, 3.63) is 112 Å². The predicted octanol–water partition coefficient (Wildman–Crippen LogP) is 10.2. The van der Waals surface area contributed by atoms with Crippen LogP contribution in [0.4, 0.5) is 25.8 Å². The van der Waals surface area contributed by atoms with Crippen molar-refractivity contribution >= 4 is 46.0 Å². The van der Waals surface area contributed by atoms with Crippen molar-refractivity contribution in [1.82, 2.24) is 24.5 Å². The number of nitrogens with one attached hydrogen (secondary N) is 3. The fourth-order valence-electron chi connectivity index (χ4n) is 11.0. The van der Waals surface area contributed by atoms with Crippen LogP contribution in [0.15, 0.2) is 84.0 Å². The van der Waals surface area contributed by atoms with Crippen molar-refractivity contribution in [1.29, 1.82) is 0 Å². The first-order valence-electron chi connectivity index (χ1n) is 23.5. The standard InChI is InChI=1S/C50H58F2N8O5S/c1-32(2)38-6-3-4-7-39(38)43-8-5-17-59(43)34-26-49(27-34)12-18-58(19-13-49)44-25-46(65-36-22-33-11-16-53-47(33)54-28-36)40(24-41(44)51)48(61)56-66-37-9-10-42(45(23-37)60(62)63)55-31-50(52)14-20-57(21-15-50)35-29-64-30-35/h3-4,6-7,9-11,16,22-25,28,32,34-35,43,55H,5,8,12-15,17-21,26-27,29-31H2,1-2H3,(H,53,54)(H,56,61). The van der Waals surface area contributed by atoms with E-state index in [0.29, 0.717) is 98.3 Å². The highest BCUT2D eigenvalue weighted by Crippen LogP contribution is 2.54. The molecule has 3 aromatic carbocycles. The number of piperidine rings is 2. The van der Waals surface area contributed by atoms with Crippen LogP contribution < -0.4 is 19.7 Å². The maximum atomic E-state index is 16.4. The lowest BCUT2D eigenvalue weighted by Gasteiger charge is -2.56. The third kappa shape index (κ3) is 9.08. The summed E-state index contributed by atoms with van der Waals surface area (Å²) in [6.45, 7) is 9.56. The van der Waals surface area contributed by atoms with Crippen LogP contribution in [-0.4, -0.2) is 101 Å². The van der Waals surface area contributed by atoms with Crippen LogP contribution >= 0.6 is 11.9 Å². The van der Waals surface area contributed by atoms with Crippen LogP contribution in [-0.2, 0) is 4.74 Å². The van der Waals surface area contributed by atoms with E-state index in [1.54, 1.807) is 30.6 Å². The van der Waals surface area contributed by atoms with E-state index in [-0.39, 0.29) is 34.6 Å². The molecule has 1 aliphatic carbocycles. The summed E-state index contributed by atoms with van der Waals surface area (Å²) < 4.78 is 46.5. The number of aromatic nitrogens is 2. The molecule has 5 aromatic rings. The van der Waals surface area contributed by atoms with Gasteiger partial charge in [0.2, 0.25) is 0 Å². The van der Waals surface area contributed by atoms with Gasteiger partial charge in [0.15, 0.2) is 0 Å². The van der Waals surface area contributed by atoms with Gasteiger partial charge in [0, 0.05) is 73.4 Å². The lowest BCUT2D eigenvalue weighted by Crippen LogP contribution is -2.55. The summed E-state index contributed by atoms with van der Waals surface area (Å²) in [5.41, 5.74) is 2.62. The molecule has 5 fully saturated rings. The Morgan fingerprint density at radius 1 is 1.02 bits per heavy atom. The number of hydrogen-bond donors (Lipinski definition) is 3. The summed E-state index contributed by atoms with van der Waals surface area (Å²) in [5.74, 6) is -0.165. The van der Waals surface area contributed by atoms with E-state index >= 15 is 8.78 Å². The van der Waals surface area contributed by atoms with Gasteiger partial charge in [-0.15, -0.1) is 0 Å². The minimum atomic E-state index is -1.50. The van der Waals surface area contributed by atoms with Gasteiger partial charge in [-0.05, 0) is 123 Å². The Bertz CT molecular complexity index is 2580. The first-order chi connectivity index (χ1) is 31.9. The number of ether oxygens (including phenoxy) is 2. The Labute approximate surface area is 388 Å². The van der Waals surface area contributed by atoms with E-state index in [1.807, 2.05) is 6.07 Å². The number of rotatable bonds is 14. The average molecular weight is 921 g/mol. The number of anilines is 2. The van der Waals surface area contributed by atoms with Gasteiger partial charge in [-0.3, -0.25) is 29.4 Å². The van der Waals surface area contributed by atoms with E-state index in [2.05, 4.69) is 72.8 Å². The number of halogens is 2. The second-order valence-corrected chi connectivity index (χ2v) is 20.3. The molecule has 5 aliphatic rings. The quantitative estimate of drug-likeness (QED) is 0.0557. The molecule has 10 rings (SSSR count). The van der Waals surface area contributed by atoms with Crippen molar-refractivity contribution in [3.8, 4) is 11.5 Å². The Morgan fingerprint density at radius 3 is 2.55 bits per heavy atom. The Kier molecular flexibility index (Phi) is 12.4. The molecule has 1 atom stereocenters. The number of carbonyl (C=O) groups excluding carboxylic acids is 1. The molecule has 0 bridgehead atoms. The molecule has 1 spiro atoms. The molecule has 1 unspecified atom stereocenters. The van der Waals surface area contributed by atoms with Gasteiger partial charge in [-0.1, -0.05) is 38.1 Å². The second kappa shape index (κ2) is 18.4. The van der Waals surface area contributed by atoms with Gasteiger partial charge >= 0.3 is 0 Å². The normalized spacial score (nSPS) is 21.2. The van der Waals surface area contributed by atoms with Crippen molar-refractivity contribution in [2.24, 2.45) is 5.41 Å². The summed E-state index contributed by atoms with van der Waals surface area (Å²) in [5, 5.41) is 16.0. The lowest BCUT2D eigenvalue weighted by molar-refractivity contribution is -0.384. The summed E-state index contributed by atoms with van der Waals surface area (Å²) in [6.07, 6.45) is 10.6. The van der Waals surface area contributed by atoms with Crippen LogP contribution in [0.5, 0.6) is 11.5 Å². The molecule has 348 valence electrons. The average Bonchev–Trinajstić information content (AvgIpc) is 3.98. The highest BCUT2D eigenvalue weighted by molar-refractivity contribution is 7.98. The molecule has 1 saturated carbocycles. The lowest BCUT2D eigenvalue weighted by atomic mass is 9.59. The first-order valence-corrected chi connectivity index (χ1v) is 24.3. The van der Waals surface area contributed by atoms with Gasteiger partial charge in [0.05, 0.1) is 41.6 Å². The maximum absolute atomic E-state index is 16.4. The number of nitro benzene ring substituents is 1. The van der Waals surface area contributed by atoms with Gasteiger partial charge in [-0.25, -0.2) is 13.8 Å². The minimum Gasteiger partial charge on any atom is -0.455 e. The Balaban J connectivity index is 0.811. The van der Waals surface area contributed by atoms with Crippen molar-refractivity contribution in [2.45, 2.75) is 99.8 Å². The van der Waals surface area contributed by atoms with Gasteiger partial charge in [0.25, 0.3) is 11.6 Å². The maximum Gasteiger partial charge on any atom is 0.293 e. The van der Waals surface area contributed by atoms with E-state index in [1.165, 1.54) is 42.2 Å². The number of carbonyl (C=O) groups is 1. The number of nitro groups is 1. The van der Waals surface area contributed by atoms with E-state index < -0.39 is 22.3 Å². The molecule has 4 saturated heterocycles. The summed E-state index contributed by atoms with van der Waals surface area (Å²) in [6, 6.07) is 21.3. The third-order valence-electron chi connectivity index (χ3n) is 15.0. The second-order valence-electron chi connectivity index (χ2n) is 19.4. The van der Waals surface area contributed by atoms with Crippen LogP contribution in [0.3, 0.4) is 0 Å². The van der Waals surface area contributed by atoms with Crippen LogP contribution in [0.1, 0.15) is 98.7 Å². The number of hydrogen-bond acceptors (Lipinski definition) is 11. The van der Waals surface area contributed by atoms with Gasteiger partial charge < -0.3 is 24.7 Å². The zero-order valence-electron chi connectivity index (χ0n) is 37.6. The summed E-state index contributed by atoms with van der Waals surface area (Å²) in [4.78, 5) is 40.6. The van der Waals surface area contributed by atoms with E-state index in [0.717, 1.165) is 49.6 Å². The fraction of sp³-hybridized carbons (Fsp3) is 0.480. The Hall–Kier alpha value is -5.29. The monoisotopic (exact) mass is 920 g/mol. The molecule has 1 amide bonds. The zero-order valence-corrected chi connectivity index (χ0v) is 38.4. The number of amides is 1. The minimum absolute atomic E-state index is 0.0376. The number of pyridine rings is 1. The van der Waals surface area contributed by atoms with Crippen LogP contribution in [0.2, 0.25) is 0 Å². The molecule has 4 aliphatic heterocycles. The Morgan fingerprint density at radius 2 is 1.80 bits per heavy atom. The predicted molar refractivity (Wildman–Crippen MR) is 253 cm³/mol. The topological polar surface area (TPSA) is 141 Å². The fourth-order valence-corrected chi connectivity index (χ4v) is 11.7. The first kappa shape index (κ1) is 44.5. The number of likely N-dealkylation sites (tertiary alicyclic amines) is 2. The van der Waals surface area contributed by atoms with Crippen molar-refractivity contribution in [3.63, 3.8) is 0 Å².